The number of aromatic nitrogens is 2. The number of hydrogen-bond acceptors (Lipinski definition) is 5. The lowest BCUT2D eigenvalue weighted by molar-refractivity contribution is 0.0696. The highest BCUT2D eigenvalue weighted by Gasteiger charge is 2.06. The summed E-state index contributed by atoms with van der Waals surface area (Å²) in [7, 11) is 0. The number of nitrogens with zero attached hydrogens (tertiary/aromatic N) is 2. The Morgan fingerprint density at radius 2 is 1.30 bits per heavy atom. The summed E-state index contributed by atoms with van der Waals surface area (Å²) < 4.78 is 11.1. The predicted octanol–water partition coefficient (Wildman–Crippen LogP) is 3.76. The van der Waals surface area contributed by atoms with Crippen molar-refractivity contribution in [3.63, 3.8) is 0 Å². The third-order valence-corrected chi connectivity index (χ3v) is 2.89. The van der Waals surface area contributed by atoms with E-state index in [1.54, 1.807) is 24.3 Å². The Morgan fingerprint density at radius 1 is 0.783 bits per heavy atom. The fraction of sp³-hybridized carbons (Fsp3) is 0. The Labute approximate surface area is 132 Å². The largest absolute Gasteiger partial charge is 0.478 e. The quantitative estimate of drug-likeness (QED) is 0.773. The van der Waals surface area contributed by atoms with Crippen molar-refractivity contribution in [1.29, 1.82) is 0 Å². The molecule has 0 radical (unpaired) electrons. The van der Waals surface area contributed by atoms with Gasteiger partial charge in [0.05, 0.1) is 5.56 Å². The summed E-state index contributed by atoms with van der Waals surface area (Å²) >= 11 is 0. The van der Waals surface area contributed by atoms with Crippen LogP contribution < -0.4 is 9.47 Å². The third-order valence-electron chi connectivity index (χ3n) is 2.89. The van der Waals surface area contributed by atoms with Crippen LogP contribution in [0.1, 0.15) is 10.4 Å². The molecule has 114 valence electrons. The predicted molar refractivity (Wildman–Crippen MR) is 82.0 cm³/mol. The number of para-hydroxylation sites is 1. The molecular formula is C17H12N2O4. The molecular weight excluding hydrogens is 296 g/mol. The van der Waals surface area contributed by atoms with E-state index in [1.165, 1.54) is 12.4 Å². The van der Waals surface area contributed by atoms with Gasteiger partial charge in [0.15, 0.2) is 0 Å². The highest BCUT2D eigenvalue weighted by atomic mass is 16.5. The highest BCUT2D eigenvalue weighted by molar-refractivity contribution is 5.86. The molecule has 0 aliphatic heterocycles. The van der Waals surface area contributed by atoms with Gasteiger partial charge in [-0.3, -0.25) is 0 Å². The number of rotatable bonds is 5. The number of aromatic carboxylic acids is 1. The Kier molecular flexibility index (Phi) is 4.15. The van der Waals surface area contributed by atoms with E-state index in [9.17, 15) is 4.79 Å². The van der Waals surface area contributed by atoms with Crippen LogP contribution in [0.25, 0.3) is 0 Å². The summed E-state index contributed by atoms with van der Waals surface area (Å²) in [5, 5.41) is 8.78. The normalized spacial score (nSPS) is 10.1. The van der Waals surface area contributed by atoms with E-state index in [0.717, 1.165) is 5.75 Å². The molecule has 2 aromatic carbocycles. The molecule has 1 N–H and O–H groups in total. The molecule has 0 atom stereocenters. The molecule has 3 rings (SSSR count). The minimum atomic E-state index is -1.08. The zero-order chi connectivity index (χ0) is 16.1. The van der Waals surface area contributed by atoms with Crippen molar-refractivity contribution in [2.24, 2.45) is 0 Å². The number of carboxylic acid groups (broad SMARTS) is 1. The zero-order valence-electron chi connectivity index (χ0n) is 11.9. The average Bonchev–Trinajstić information content (AvgIpc) is 2.58. The van der Waals surface area contributed by atoms with E-state index < -0.39 is 5.97 Å². The van der Waals surface area contributed by atoms with Gasteiger partial charge >= 0.3 is 12.0 Å². The lowest BCUT2D eigenvalue weighted by atomic mass is 10.3. The van der Waals surface area contributed by atoms with Crippen LogP contribution in [0.2, 0.25) is 0 Å². The summed E-state index contributed by atoms with van der Waals surface area (Å²) in [6.07, 6.45) is 2.38. The maximum atomic E-state index is 10.7. The molecule has 0 amide bonds. The molecule has 0 unspecified atom stereocenters. The molecule has 0 saturated carbocycles. The number of ether oxygens (including phenoxy) is 2. The van der Waals surface area contributed by atoms with E-state index >= 15 is 0 Å². The van der Waals surface area contributed by atoms with E-state index in [2.05, 4.69) is 9.97 Å². The van der Waals surface area contributed by atoms with Gasteiger partial charge in [0.1, 0.15) is 17.2 Å². The fourth-order valence-electron chi connectivity index (χ4n) is 1.79. The molecule has 0 aliphatic carbocycles. The molecule has 1 heterocycles. The van der Waals surface area contributed by atoms with Gasteiger partial charge in [-0.05, 0) is 36.4 Å². The van der Waals surface area contributed by atoms with Gasteiger partial charge in [0.25, 0.3) is 0 Å². The summed E-state index contributed by atoms with van der Waals surface area (Å²) in [6, 6.07) is 16.5. The van der Waals surface area contributed by atoms with Crippen molar-refractivity contribution in [2.75, 3.05) is 0 Å². The smallest absolute Gasteiger partial charge is 0.338 e. The zero-order valence-corrected chi connectivity index (χ0v) is 11.9. The maximum absolute atomic E-state index is 10.7. The first-order valence-corrected chi connectivity index (χ1v) is 6.77. The summed E-state index contributed by atoms with van der Waals surface area (Å²) in [5.41, 5.74) is 0.00367. The molecule has 23 heavy (non-hydrogen) atoms. The van der Waals surface area contributed by atoms with Crippen molar-refractivity contribution < 1.29 is 19.4 Å². The van der Waals surface area contributed by atoms with Crippen molar-refractivity contribution in [3.8, 4) is 23.3 Å². The highest BCUT2D eigenvalue weighted by Crippen LogP contribution is 2.25. The van der Waals surface area contributed by atoms with Crippen LogP contribution in [0, 0.1) is 0 Å². The number of benzene rings is 2. The van der Waals surface area contributed by atoms with Crippen molar-refractivity contribution >= 4 is 5.97 Å². The second-order valence-electron chi connectivity index (χ2n) is 4.55. The SMILES string of the molecule is O=C(O)c1cnc(Oc2ccc(Oc3ccccc3)cc2)nc1. The number of carbonyl (C=O) groups is 1. The van der Waals surface area contributed by atoms with Crippen LogP contribution in [-0.4, -0.2) is 21.0 Å². The van der Waals surface area contributed by atoms with Crippen molar-refractivity contribution in [2.45, 2.75) is 0 Å². The second kappa shape index (κ2) is 6.57. The first kappa shape index (κ1) is 14.5. The van der Waals surface area contributed by atoms with Crippen LogP contribution in [0.4, 0.5) is 0 Å². The first-order chi connectivity index (χ1) is 11.2. The molecule has 6 nitrogen and oxygen atoms in total. The maximum Gasteiger partial charge on any atom is 0.338 e. The summed E-state index contributed by atoms with van der Waals surface area (Å²) in [5.74, 6) is 0.854. The van der Waals surface area contributed by atoms with Crippen LogP contribution in [0.5, 0.6) is 23.3 Å². The molecule has 0 spiro atoms. The number of hydrogen-bond donors (Lipinski definition) is 1. The Bertz CT molecular complexity index is 787. The minimum Gasteiger partial charge on any atom is -0.478 e. The monoisotopic (exact) mass is 308 g/mol. The average molecular weight is 308 g/mol. The summed E-state index contributed by atoms with van der Waals surface area (Å²) in [6.45, 7) is 0. The Balaban J connectivity index is 1.66. The molecule has 0 bridgehead atoms. The molecule has 0 saturated heterocycles. The lowest BCUT2D eigenvalue weighted by Gasteiger charge is -2.07. The van der Waals surface area contributed by atoms with Crippen LogP contribution in [0.15, 0.2) is 67.0 Å². The van der Waals surface area contributed by atoms with E-state index in [1.807, 2.05) is 30.3 Å². The topological polar surface area (TPSA) is 81.5 Å². The number of carboxylic acids is 1. The molecule has 6 heteroatoms. The van der Waals surface area contributed by atoms with Crippen molar-refractivity contribution in [1.82, 2.24) is 9.97 Å². The van der Waals surface area contributed by atoms with Crippen molar-refractivity contribution in [3.05, 3.63) is 72.6 Å². The van der Waals surface area contributed by atoms with E-state index in [4.69, 9.17) is 14.6 Å². The van der Waals surface area contributed by atoms with Gasteiger partial charge in [0, 0.05) is 12.4 Å². The molecule has 0 aliphatic rings. The van der Waals surface area contributed by atoms with E-state index in [-0.39, 0.29) is 11.6 Å². The first-order valence-electron chi connectivity index (χ1n) is 6.77. The van der Waals surface area contributed by atoms with Gasteiger partial charge in [-0.1, -0.05) is 18.2 Å². The Morgan fingerprint density at radius 3 is 1.87 bits per heavy atom. The standard InChI is InChI=1S/C17H12N2O4/c20-16(21)12-10-18-17(19-11-12)23-15-8-6-14(7-9-15)22-13-4-2-1-3-5-13/h1-11H,(H,20,21). The summed E-state index contributed by atoms with van der Waals surface area (Å²) in [4.78, 5) is 18.4. The van der Waals surface area contributed by atoms with Gasteiger partial charge in [0.2, 0.25) is 0 Å². The van der Waals surface area contributed by atoms with Gasteiger partial charge in [-0.15, -0.1) is 0 Å². The molecule has 3 aromatic rings. The van der Waals surface area contributed by atoms with Gasteiger partial charge in [-0.2, -0.15) is 0 Å². The van der Waals surface area contributed by atoms with Gasteiger partial charge in [-0.25, -0.2) is 14.8 Å². The second-order valence-corrected chi connectivity index (χ2v) is 4.55. The minimum absolute atomic E-state index is 0.00367. The van der Waals surface area contributed by atoms with Crippen LogP contribution in [0.3, 0.4) is 0 Å². The van der Waals surface area contributed by atoms with Crippen LogP contribution in [-0.2, 0) is 0 Å². The van der Waals surface area contributed by atoms with Crippen LogP contribution >= 0.6 is 0 Å². The molecule has 0 fully saturated rings. The van der Waals surface area contributed by atoms with Gasteiger partial charge < -0.3 is 14.6 Å². The van der Waals surface area contributed by atoms with E-state index in [0.29, 0.717) is 11.5 Å². The third kappa shape index (κ3) is 3.82. The fourth-order valence-corrected chi connectivity index (χ4v) is 1.79. The lowest BCUT2D eigenvalue weighted by Crippen LogP contribution is -1.99. The molecule has 1 aromatic heterocycles. The Hall–Kier alpha value is -3.41.